The lowest BCUT2D eigenvalue weighted by molar-refractivity contribution is 0.0938. The van der Waals surface area contributed by atoms with Gasteiger partial charge in [-0.3, -0.25) is 13.8 Å². The monoisotopic (exact) mass is 342 g/mol. The van der Waals surface area contributed by atoms with E-state index in [1.807, 2.05) is 11.5 Å². The maximum Gasteiger partial charge on any atom is 0.271 e. The number of nitrogens with zero attached hydrogens (tertiary/aromatic N) is 1. The second kappa shape index (κ2) is 7.27. The fourth-order valence-corrected chi connectivity index (χ4v) is 3.30. The van der Waals surface area contributed by atoms with E-state index in [0.717, 1.165) is 12.1 Å². The van der Waals surface area contributed by atoms with Crippen molar-refractivity contribution in [1.82, 2.24) is 9.88 Å². The molecule has 0 radical (unpaired) electrons. The number of carbonyl (C=O) groups excluding carboxylic acids is 1. The number of fused-ring (bicyclic) bond motifs is 1. The van der Waals surface area contributed by atoms with E-state index in [2.05, 4.69) is 5.32 Å². The number of aromatic nitrogens is 1. The second-order valence-electron chi connectivity index (χ2n) is 5.39. The van der Waals surface area contributed by atoms with Gasteiger partial charge in [0.2, 0.25) is 5.43 Å². The van der Waals surface area contributed by atoms with Crippen LogP contribution in [0.25, 0.3) is 0 Å². The lowest BCUT2D eigenvalue weighted by Crippen LogP contribution is -2.32. The van der Waals surface area contributed by atoms with E-state index < -0.39 is 11.1 Å². The SMILES string of the molecule is CCNC(=O)c1c(OC)c(=O)c(C)c2n1C(COS(C)=O)CC2. The standard InChI is InChI=1S/C15H22N2O5S/c1-5-16-15(19)12-14(21-3)13(18)9(2)11-7-6-10(17(11)12)8-22-23(4)20/h10H,5-8H2,1-4H3,(H,16,19). The molecule has 23 heavy (non-hydrogen) atoms. The topological polar surface area (TPSA) is 86.6 Å². The minimum Gasteiger partial charge on any atom is -0.491 e. The van der Waals surface area contributed by atoms with Gasteiger partial charge in [-0.2, -0.15) is 0 Å². The third-order valence-corrected chi connectivity index (χ3v) is 4.46. The van der Waals surface area contributed by atoms with Crippen molar-refractivity contribution in [3.8, 4) is 5.75 Å². The van der Waals surface area contributed by atoms with Crippen molar-refractivity contribution < 1.29 is 17.9 Å². The van der Waals surface area contributed by atoms with E-state index in [-0.39, 0.29) is 35.4 Å². The van der Waals surface area contributed by atoms with Gasteiger partial charge in [0.15, 0.2) is 22.5 Å². The molecule has 7 nitrogen and oxygen atoms in total. The van der Waals surface area contributed by atoms with Crippen molar-refractivity contribution in [3.63, 3.8) is 0 Å². The molecule has 1 aliphatic rings. The summed E-state index contributed by atoms with van der Waals surface area (Å²) >= 11 is -1.38. The molecule has 2 atom stereocenters. The molecule has 8 heteroatoms. The predicted molar refractivity (Wildman–Crippen MR) is 87.4 cm³/mol. The molecule has 0 saturated heterocycles. The van der Waals surface area contributed by atoms with E-state index in [9.17, 15) is 13.8 Å². The van der Waals surface area contributed by atoms with Crippen LogP contribution in [0.4, 0.5) is 0 Å². The quantitative estimate of drug-likeness (QED) is 0.823. The molecule has 2 heterocycles. The number of hydrogen-bond donors (Lipinski definition) is 1. The van der Waals surface area contributed by atoms with Crippen molar-refractivity contribution in [3.05, 3.63) is 27.2 Å². The van der Waals surface area contributed by atoms with Crippen molar-refractivity contribution in [1.29, 1.82) is 0 Å². The Hall–Kier alpha value is -1.67. The maximum atomic E-state index is 12.5. The van der Waals surface area contributed by atoms with Crippen molar-refractivity contribution in [2.24, 2.45) is 0 Å². The van der Waals surface area contributed by atoms with Crippen LogP contribution in [-0.2, 0) is 21.7 Å². The Balaban J connectivity index is 2.61. The molecule has 0 bridgehead atoms. The minimum absolute atomic E-state index is 0.0433. The molecule has 1 aromatic heterocycles. The summed E-state index contributed by atoms with van der Waals surface area (Å²) in [5.74, 6) is -0.311. The molecule has 1 aromatic rings. The van der Waals surface area contributed by atoms with E-state index >= 15 is 0 Å². The Bertz CT molecular complexity index is 698. The van der Waals surface area contributed by atoms with E-state index in [1.54, 1.807) is 6.92 Å². The molecule has 0 spiro atoms. The van der Waals surface area contributed by atoms with Gasteiger partial charge in [0.25, 0.3) is 5.91 Å². The first-order chi connectivity index (χ1) is 10.9. The Morgan fingerprint density at radius 3 is 2.74 bits per heavy atom. The highest BCUT2D eigenvalue weighted by molar-refractivity contribution is 7.79. The van der Waals surface area contributed by atoms with Gasteiger partial charge in [-0.1, -0.05) is 0 Å². The average Bonchev–Trinajstić information content (AvgIpc) is 2.92. The van der Waals surface area contributed by atoms with Crippen LogP contribution in [-0.4, -0.2) is 41.2 Å². The summed E-state index contributed by atoms with van der Waals surface area (Å²) in [4.78, 5) is 24.9. The molecule has 1 aliphatic heterocycles. The number of ether oxygens (including phenoxy) is 1. The fraction of sp³-hybridized carbons (Fsp3) is 0.600. The van der Waals surface area contributed by atoms with Crippen LogP contribution >= 0.6 is 0 Å². The molecule has 0 aliphatic carbocycles. The number of methoxy groups -OCH3 is 1. The van der Waals surface area contributed by atoms with Gasteiger partial charge in [0.05, 0.1) is 19.8 Å². The highest BCUT2D eigenvalue weighted by Crippen LogP contribution is 2.32. The van der Waals surface area contributed by atoms with Crippen LogP contribution < -0.4 is 15.5 Å². The Morgan fingerprint density at radius 1 is 1.48 bits per heavy atom. The first-order valence-electron chi connectivity index (χ1n) is 7.49. The van der Waals surface area contributed by atoms with Crippen molar-refractivity contribution in [2.45, 2.75) is 32.7 Å². The molecule has 128 valence electrons. The first kappa shape index (κ1) is 17.7. The maximum absolute atomic E-state index is 12.5. The summed E-state index contributed by atoms with van der Waals surface area (Å²) in [6.07, 6.45) is 2.84. The highest BCUT2D eigenvalue weighted by atomic mass is 32.2. The molecular formula is C15H22N2O5S. The largest absolute Gasteiger partial charge is 0.491 e. The number of rotatable bonds is 6. The second-order valence-corrected chi connectivity index (χ2v) is 6.43. The molecule has 1 amide bonds. The third kappa shape index (κ3) is 3.32. The Labute approximate surface area is 137 Å². The zero-order chi connectivity index (χ0) is 17.1. The third-order valence-electron chi connectivity index (χ3n) is 3.99. The summed E-state index contributed by atoms with van der Waals surface area (Å²) in [7, 11) is 1.38. The van der Waals surface area contributed by atoms with Gasteiger partial charge < -0.3 is 14.6 Å². The van der Waals surface area contributed by atoms with Gasteiger partial charge in [-0.05, 0) is 26.7 Å². The number of hydrogen-bond acceptors (Lipinski definition) is 5. The number of nitrogens with one attached hydrogen (secondary N) is 1. The predicted octanol–water partition coefficient (Wildman–Crippen LogP) is 0.712. The lowest BCUT2D eigenvalue weighted by atomic mass is 10.1. The van der Waals surface area contributed by atoms with Crippen LogP contribution in [0.3, 0.4) is 0 Å². The fourth-order valence-electron chi connectivity index (χ4n) is 2.96. The van der Waals surface area contributed by atoms with E-state index in [0.29, 0.717) is 18.5 Å². The van der Waals surface area contributed by atoms with Gasteiger partial charge in [0, 0.05) is 24.1 Å². The average molecular weight is 342 g/mol. The zero-order valence-electron chi connectivity index (χ0n) is 13.8. The Morgan fingerprint density at radius 2 is 2.17 bits per heavy atom. The van der Waals surface area contributed by atoms with Gasteiger partial charge in [-0.25, -0.2) is 4.21 Å². The summed E-state index contributed by atoms with van der Waals surface area (Å²) in [5.41, 5.74) is 1.34. The molecule has 1 N–H and O–H groups in total. The van der Waals surface area contributed by atoms with Crippen LogP contribution in [0.15, 0.2) is 4.79 Å². The zero-order valence-corrected chi connectivity index (χ0v) is 14.6. The smallest absolute Gasteiger partial charge is 0.271 e. The van der Waals surface area contributed by atoms with Gasteiger partial charge in [0.1, 0.15) is 0 Å². The van der Waals surface area contributed by atoms with Crippen molar-refractivity contribution in [2.75, 3.05) is 26.5 Å². The van der Waals surface area contributed by atoms with Crippen LogP contribution in [0.5, 0.6) is 5.75 Å². The summed E-state index contributed by atoms with van der Waals surface area (Å²) in [5, 5.41) is 2.72. The molecule has 0 saturated carbocycles. The van der Waals surface area contributed by atoms with Crippen LogP contribution in [0, 0.1) is 6.92 Å². The van der Waals surface area contributed by atoms with Crippen molar-refractivity contribution >= 4 is 17.0 Å². The lowest BCUT2D eigenvalue weighted by Gasteiger charge is -2.22. The summed E-state index contributed by atoms with van der Waals surface area (Å²) in [6.45, 7) is 4.20. The summed E-state index contributed by atoms with van der Waals surface area (Å²) in [6, 6.07) is -0.153. The summed E-state index contributed by atoms with van der Waals surface area (Å²) < 4.78 is 23.5. The molecular weight excluding hydrogens is 320 g/mol. The molecule has 0 aromatic carbocycles. The van der Waals surface area contributed by atoms with E-state index in [4.69, 9.17) is 8.92 Å². The minimum atomic E-state index is -1.38. The Kier molecular flexibility index (Phi) is 5.59. The molecule has 2 rings (SSSR count). The van der Waals surface area contributed by atoms with Gasteiger partial charge in [-0.15, -0.1) is 0 Å². The molecule has 2 unspecified atom stereocenters. The molecule has 0 fully saturated rings. The first-order valence-corrected chi connectivity index (χ1v) is 8.97. The number of carbonyl (C=O) groups is 1. The normalized spacial score (nSPS) is 17.7. The van der Waals surface area contributed by atoms with Crippen LogP contribution in [0.2, 0.25) is 0 Å². The highest BCUT2D eigenvalue weighted by Gasteiger charge is 2.32. The van der Waals surface area contributed by atoms with Crippen LogP contribution in [0.1, 0.15) is 41.1 Å². The number of amides is 1. The van der Waals surface area contributed by atoms with Gasteiger partial charge >= 0.3 is 0 Å². The number of pyridine rings is 1. The van der Waals surface area contributed by atoms with E-state index in [1.165, 1.54) is 13.4 Å².